The van der Waals surface area contributed by atoms with E-state index in [1.807, 2.05) is 73.7 Å². The Balaban J connectivity index is 1.29. The third-order valence-corrected chi connectivity index (χ3v) is 8.20. The van der Waals surface area contributed by atoms with Crippen LogP contribution in [0.25, 0.3) is 0 Å². The average Bonchev–Trinajstić information content (AvgIpc) is 3.38. The summed E-state index contributed by atoms with van der Waals surface area (Å²) >= 11 is 0. The molecular formula is C34H39N3O4S. The average molecular weight is 586 g/mol. The molecule has 0 amide bonds. The summed E-state index contributed by atoms with van der Waals surface area (Å²) in [5.41, 5.74) is 4.70. The van der Waals surface area contributed by atoms with Gasteiger partial charge in [-0.05, 0) is 86.4 Å². The minimum atomic E-state index is -3.40. The Morgan fingerprint density at radius 3 is 2.24 bits per heavy atom. The number of benzene rings is 4. The van der Waals surface area contributed by atoms with E-state index in [1.165, 1.54) is 24.7 Å². The van der Waals surface area contributed by atoms with Crippen molar-refractivity contribution >= 4 is 21.4 Å². The first-order valence-electron chi connectivity index (χ1n) is 14.3. The van der Waals surface area contributed by atoms with E-state index in [2.05, 4.69) is 45.8 Å². The highest BCUT2D eigenvalue weighted by atomic mass is 32.2. The maximum atomic E-state index is 12.0. The van der Waals surface area contributed by atoms with E-state index >= 15 is 0 Å². The maximum Gasteiger partial charge on any atom is 0.229 e. The Morgan fingerprint density at radius 1 is 0.857 bits per heavy atom. The Hall–Kier alpha value is -4.01. The second kappa shape index (κ2) is 13.3. The van der Waals surface area contributed by atoms with Crippen LogP contribution in [0.3, 0.4) is 0 Å². The molecule has 1 atom stereocenters. The van der Waals surface area contributed by atoms with E-state index in [1.54, 1.807) is 6.07 Å². The molecule has 0 radical (unpaired) electrons. The fourth-order valence-corrected chi connectivity index (χ4v) is 5.96. The first kappa shape index (κ1) is 29.5. The second-order valence-corrected chi connectivity index (χ2v) is 12.7. The minimum Gasteiger partial charge on any atom is -0.492 e. The lowest BCUT2D eigenvalue weighted by Crippen LogP contribution is -2.30. The van der Waals surface area contributed by atoms with E-state index in [0.717, 1.165) is 40.6 Å². The van der Waals surface area contributed by atoms with Crippen molar-refractivity contribution in [2.75, 3.05) is 36.1 Å². The highest BCUT2D eigenvalue weighted by Gasteiger charge is 2.21. The van der Waals surface area contributed by atoms with Gasteiger partial charge in [-0.1, -0.05) is 54.6 Å². The molecule has 4 aromatic rings. The summed E-state index contributed by atoms with van der Waals surface area (Å²) in [7, 11) is -1.24. The summed E-state index contributed by atoms with van der Waals surface area (Å²) in [4.78, 5) is 4.62. The predicted molar refractivity (Wildman–Crippen MR) is 170 cm³/mol. The topological polar surface area (TPSA) is 71.1 Å². The van der Waals surface area contributed by atoms with Crippen LogP contribution in [-0.4, -0.2) is 45.8 Å². The first-order valence-corrected chi connectivity index (χ1v) is 16.2. The van der Waals surface area contributed by atoms with Crippen molar-refractivity contribution in [2.24, 2.45) is 0 Å². The lowest BCUT2D eigenvalue weighted by Gasteiger charge is -2.28. The lowest BCUT2D eigenvalue weighted by atomic mass is 10.1. The van der Waals surface area contributed by atoms with Gasteiger partial charge in [0.05, 0.1) is 11.9 Å². The lowest BCUT2D eigenvalue weighted by molar-refractivity contribution is 0.198. The monoisotopic (exact) mass is 585 g/mol. The summed E-state index contributed by atoms with van der Waals surface area (Å²) in [5, 5.41) is 0. The Labute approximate surface area is 249 Å². The SMILES string of the molecule is Cc1c(NS(C)(=O)=O)cccc1N(Cc1ccccc1)Cc1ccc(Oc2cccc(OC[C@@H]3CCCN3C)c2)cc1. The molecule has 5 rings (SSSR count). The molecule has 8 heteroatoms. The summed E-state index contributed by atoms with van der Waals surface area (Å²) in [6.07, 6.45) is 3.56. The van der Waals surface area contributed by atoms with Crippen molar-refractivity contribution in [3.05, 3.63) is 114 Å². The maximum absolute atomic E-state index is 12.0. The molecule has 1 fully saturated rings. The Kier molecular flexibility index (Phi) is 9.35. The van der Waals surface area contributed by atoms with E-state index in [9.17, 15) is 8.42 Å². The highest BCUT2D eigenvalue weighted by Crippen LogP contribution is 2.31. The normalized spacial score (nSPS) is 15.4. The molecular weight excluding hydrogens is 546 g/mol. The highest BCUT2D eigenvalue weighted by molar-refractivity contribution is 7.92. The van der Waals surface area contributed by atoms with Crippen molar-refractivity contribution < 1.29 is 17.9 Å². The predicted octanol–water partition coefficient (Wildman–Crippen LogP) is 6.84. The second-order valence-electron chi connectivity index (χ2n) is 11.0. The molecule has 1 aliphatic rings. The van der Waals surface area contributed by atoms with Gasteiger partial charge in [0.15, 0.2) is 0 Å². The van der Waals surface area contributed by atoms with Gasteiger partial charge in [0.1, 0.15) is 23.9 Å². The van der Waals surface area contributed by atoms with Gasteiger partial charge in [-0.2, -0.15) is 0 Å². The smallest absolute Gasteiger partial charge is 0.229 e. The van der Waals surface area contributed by atoms with Crippen molar-refractivity contribution in [2.45, 2.75) is 38.9 Å². The molecule has 0 spiro atoms. The van der Waals surface area contributed by atoms with E-state index < -0.39 is 10.0 Å². The Bertz CT molecular complexity index is 1580. The van der Waals surface area contributed by atoms with Crippen molar-refractivity contribution in [3.63, 3.8) is 0 Å². The van der Waals surface area contributed by atoms with Gasteiger partial charge in [-0.25, -0.2) is 8.42 Å². The van der Waals surface area contributed by atoms with Crippen LogP contribution < -0.4 is 19.1 Å². The van der Waals surface area contributed by atoms with Crippen LogP contribution >= 0.6 is 0 Å². The van der Waals surface area contributed by atoms with Crippen LogP contribution in [0, 0.1) is 6.92 Å². The number of ether oxygens (including phenoxy) is 2. The standard InChI is InChI=1S/C34H39N3O4S/c1-26-33(35-42(3,38)39)15-8-16-34(26)37(23-27-10-5-4-6-11-27)24-28-17-19-30(20-18-28)41-32-14-7-13-31(22-32)40-25-29-12-9-21-36(29)2/h4-8,10-11,13-20,22,29,35H,9,12,21,23-25H2,1-3H3/t29-/m0/s1. The molecule has 220 valence electrons. The molecule has 0 aliphatic carbocycles. The zero-order chi connectivity index (χ0) is 29.5. The number of nitrogens with zero attached hydrogens (tertiary/aromatic N) is 2. The van der Waals surface area contributed by atoms with Crippen LogP contribution in [0.5, 0.6) is 17.2 Å². The molecule has 7 nitrogen and oxygen atoms in total. The molecule has 0 saturated carbocycles. The van der Waals surface area contributed by atoms with Gasteiger partial charge in [0.25, 0.3) is 0 Å². The number of hydrogen-bond donors (Lipinski definition) is 1. The third kappa shape index (κ3) is 8.05. The van der Waals surface area contributed by atoms with Crippen LogP contribution in [0.4, 0.5) is 11.4 Å². The zero-order valence-corrected chi connectivity index (χ0v) is 25.3. The van der Waals surface area contributed by atoms with Gasteiger partial charge in [-0.3, -0.25) is 4.72 Å². The molecule has 42 heavy (non-hydrogen) atoms. The van der Waals surface area contributed by atoms with Gasteiger partial charge in [-0.15, -0.1) is 0 Å². The van der Waals surface area contributed by atoms with Crippen LogP contribution in [-0.2, 0) is 23.1 Å². The number of likely N-dealkylation sites (tertiary alicyclic amines) is 1. The fraction of sp³-hybridized carbons (Fsp3) is 0.294. The van der Waals surface area contributed by atoms with Crippen molar-refractivity contribution in [1.82, 2.24) is 4.90 Å². The number of likely N-dealkylation sites (N-methyl/N-ethyl adjacent to an activating group) is 1. The first-order chi connectivity index (χ1) is 20.2. The fourth-order valence-electron chi connectivity index (χ4n) is 5.34. The van der Waals surface area contributed by atoms with E-state index in [0.29, 0.717) is 31.4 Å². The number of nitrogens with one attached hydrogen (secondary N) is 1. The van der Waals surface area contributed by atoms with Crippen LogP contribution in [0.1, 0.15) is 29.5 Å². The summed E-state index contributed by atoms with van der Waals surface area (Å²) in [6, 6.07) is 32.3. The van der Waals surface area contributed by atoms with Crippen LogP contribution in [0.2, 0.25) is 0 Å². The van der Waals surface area contributed by atoms with Gasteiger partial charge < -0.3 is 19.3 Å². The molecule has 0 aromatic heterocycles. The van der Waals surface area contributed by atoms with Gasteiger partial charge in [0.2, 0.25) is 10.0 Å². The molecule has 0 bridgehead atoms. The number of anilines is 2. The molecule has 1 saturated heterocycles. The van der Waals surface area contributed by atoms with E-state index in [-0.39, 0.29) is 0 Å². The summed E-state index contributed by atoms with van der Waals surface area (Å²) in [6.45, 7) is 5.06. The molecule has 4 aromatic carbocycles. The third-order valence-electron chi connectivity index (χ3n) is 7.61. The van der Waals surface area contributed by atoms with Crippen LogP contribution in [0.15, 0.2) is 97.1 Å². The molecule has 1 aliphatic heterocycles. The molecule has 0 unspecified atom stereocenters. The van der Waals surface area contributed by atoms with E-state index in [4.69, 9.17) is 9.47 Å². The Morgan fingerprint density at radius 2 is 1.55 bits per heavy atom. The number of sulfonamides is 1. The number of hydrogen-bond acceptors (Lipinski definition) is 6. The summed E-state index contributed by atoms with van der Waals surface area (Å²) in [5.74, 6) is 2.29. The van der Waals surface area contributed by atoms with Gasteiger partial charge in [0, 0.05) is 30.9 Å². The number of rotatable bonds is 12. The largest absolute Gasteiger partial charge is 0.492 e. The van der Waals surface area contributed by atoms with Crippen molar-refractivity contribution in [1.29, 1.82) is 0 Å². The molecule has 1 N–H and O–H groups in total. The van der Waals surface area contributed by atoms with Crippen molar-refractivity contribution in [3.8, 4) is 17.2 Å². The summed E-state index contributed by atoms with van der Waals surface area (Å²) < 4.78 is 38.8. The van der Waals surface area contributed by atoms with Gasteiger partial charge >= 0.3 is 0 Å². The minimum absolute atomic E-state index is 0.464. The molecule has 1 heterocycles. The zero-order valence-electron chi connectivity index (χ0n) is 24.5. The quantitative estimate of drug-likeness (QED) is 0.196.